The molecule has 2 rings (SSSR count). The molecule has 0 saturated carbocycles. The molecule has 5 heteroatoms. The number of hydrogen-bond donors (Lipinski definition) is 3. The van der Waals surface area contributed by atoms with Gasteiger partial charge in [-0.05, 0) is 24.0 Å². The number of alkyl carbamates (subject to hydrolysis) is 1. The van der Waals surface area contributed by atoms with Gasteiger partial charge < -0.3 is 15.2 Å². The molecule has 0 radical (unpaired) electrons. The number of ether oxygens (including phenoxy) is 1. The monoisotopic (exact) mass is 356 g/mol. The molecular weight excluding hydrogens is 328 g/mol. The maximum Gasteiger partial charge on any atom is 0.407 e. The Kier molecular flexibility index (Phi) is 7.63. The zero-order valence-electron chi connectivity index (χ0n) is 15.2. The Morgan fingerprint density at radius 1 is 1.15 bits per heavy atom. The second kappa shape index (κ2) is 9.94. The van der Waals surface area contributed by atoms with Crippen LogP contribution in [0.1, 0.15) is 43.2 Å². The summed E-state index contributed by atoms with van der Waals surface area (Å²) in [6.07, 6.45) is 1.89. The third-order valence-corrected chi connectivity index (χ3v) is 4.41. The molecule has 0 aliphatic heterocycles. The van der Waals surface area contributed by atoms with Gasteiger partial charge in [-0.2, -0.15) is 0 Å². The Morgan fingerprint density at radius 3 is 2.38 bits per heavy atom. The molecule has 140 valence electrons. The summed E-state index contributed by atoms with van der Waals surface area (Å²) >= 11 is 0. The maximum atomic E-state index is 11.7. The van der Waals surface area contributed by atoms with Gasteiger partial charge in [0.15, 0.2) is 0 Å². The zero-order chi connectivity index (χ0) is 18.8. The average Bonchev–Trinajstić information content (AvgIpc) is 2.66. The second-order valence-electron chi connectivity index (χ2n) is 6.36. The predicted octanol–water partition coefficient (Wildman–Crippen LogP) is 3.49. The summed E-state index contributed by atoms with van der Waals surface area (Å²) in [5.41, 5.74) is 6.29. The first-order chi connectivity index (χ1) is 12.6. The van der Waals surface area contributed by atoms with Gasteiger partial charge in [-0.25, -0.2) is 4.79 Å². The van der Waals surface area contributed by atoms with Gasteiger partial charge in [0.1, 0.15) is 5.72 Å². The Morgan fingerprint density at radius 2 is 1.77 bits per heavy atom. The lowest BCUT2D eigenvalue weighted by molar-refractivity contribution is 0.00371. The van der Waals surface area contributed by atoms with Crippen LogP contribution in [0.25, 0.3) is 0 Å². The van der Waals surface area contributed by atoms with Crippen molar-refractivity contribution in [3.05, 3.63) is 71.8 Å². The van der Waals surface area contributed by atoms with Gasteiger partial charge in [0.25, 0.3) is 0 Å². The minimum absolute atomic E-state index is 0.170. The van der Waals surface area contributed by atoms with Crippen LogP contribution in [0.2, 0.25) is 0 Å². The lowest BCUT2D eigenvalue weighted by atomic mass is 9.82. The minimum Gasteiger partial charge on any atom is -0.450 e. The van der Waals surface area contributed by atoms with Gasteiger partial charge in [0.2, 0.25) is 0 Å². The van der Waals surface area contributed by atoms with Gasteiger partial charge in [-0.1, -0.05) is 74.0 Å². The van der Waals surface area contributed by atoms with Crippen molar-refractivity contribution in [2.75, 3.05) is 13.2 Å². The van der Waals surface area contributed by atoms with E-state index < -0.39 is 17.7 Å². The molecule has 0 bridgehead atoms. The Balaban J connectivity index is 2.07. The van der Waals surface area contributed by atoms with Crippen LogP contribution in [0, 0.1) is 0 Å². The van der Waals surface area contributed by atoms with Gasteiger partial charge in [0.05, 0.1) is 6.61 Å². The van der Waals surface area contributed by atoms with Crippen molar-refractivity contribution < 1.29 is 14.6 Å². The van der Waals surface area contributed by atoms with Crippen molar-refractivity contribution in [2.45, 2.75) is 37.8 Å². The molecule has 2 aromatic carbocycles. The quantitative estimate of drug-likeness (QED) is 0.474. The summed E-state index contributed by atoms with van der Waals surface area (Å²) in [5, 5.41) is 13.8. The van der Waals surface area contributed by atoms with Crippen LogP contribution in [-0.2, 0) is 10.5 Å². The van der Waals surface area contributed by atoms with E-state index in [1.165, 1.54) is 0 Å². The Bertz CT molecular complexity index is 659. The number of aliphatic hydroxyl groups is 1. The largest absolute Gasteiger partial charge is 0.450 e. The normalized spacial score (nSPS) is 14.3. The highest BCUT2D eigenvalue weighted by molar-refractivity contribution is 5.67. The summed E-state index contributed by atoms with van der Waals surface area (Å²) in [6, 6.07) is 18.7. The molecule has 2 aromatic rings. The highest BCUT2D eigenvalue weighted by atomic mass is 16.5. The third kappa shape index (κ3) is 5.58. The van der Waals surface area contributed by atoms with Crippen LogP contribution in [0.5, 0.6) is 0 Å². The van der Waals surface area contributed by atoms with E-state index in [1.54, 1.807) is 12.1 Å². The van der Waals surface area contributed by atoms with Crippen molar-refractivity contribution in [3.8, 4) is 0 Å². The van der Waals surface area contributed by atoms with E-state index in [1.807, 2.05) is 48.5 Å². The van der Waals surface area contributed by atoms with Gasteiger partial charge in [-0.15, -0.1) is 0 Å². The minimum atomic E-state index is -1.56. The number of nitrogens with one attached hydrogen (secondary N) is 1. The highest BCUT2D eigenvalue weighted by Gasteiger charge is 2.35. The van der Waals surface area contributed by atoms with E-state index in [0.29, 0.717) is 18.5 Å². The first-order valence-corrected chi connectivity index (χ1v) is 9.08. The van der Waals surface area contributed by atoms with Crippen LogP contribution in [0.3, 0.4) is 0 Å². The molecule has 1 amide bonds. The molecule has 2 unspecified atom stereocenters. The number of carbonyl (C=O) groups is 1. The summed E-state index contributed by atoms with van der Waals surface area (Å²) in [4.78, 5) is 11.7. The van der Waals surface area contributed by atoms with Gasteiger partial charge in [-0.3, -0.25) is 5.73 Å². The number of nitrogens with two attached hydrogens (primary N) is 1. The molecule has 5 nitrogen and oxygen atoms in total. The van der Waals surface area contributed by atoms with Crippen LogP contribution in [0.4, 0.5) is 4.79 Å². The number of carbonyl (C=O) groups excluding carboxylic acids is 1. The van der Waals surface area contributed by atoms with E-state index in [9.17, 15) is 9.90 Å². The fourth-order valence-electron chi connectivity index (χ4n) is 2.92. The molecule has 0 aliphatic carbocycles. The fourth-order valence-corrected chi connectivity index (χ4v) is 2.92. The molecular formula is C21H28N2O3. The van der Waals surface area contributed by atoms with Crippen molar-refractivity contribution in [2.24, 2.45) is 5.73 Å². The lowest BCUT2D eigenvalue weighted by Gasteiger charge is -2.33. The standard InChI is InChI=1S/C21H28N2O3/c1-2-3-15-23-20(24)26-16-14-19(17-10-6-4-7-11-17)21(22,25)18-12-8-5-9-13-18/h4-13,19,25H,2-3,14-16,22H2,1H3,(H,23,24). The first kappa shape index (κ1) is 19.9. The molecule has 0 saturated heterocycles. The Labute approximate surface area is 155 Å². The number of unbranched alkanes of at least 4 members (excludes halogenated alkanes) is 1. The smallest absolute Gasteiger partial charge is 0.407 e. The molecule has 0 fully saturated rings. The van der Waals surface area contributed by atoms with E-state index >= 15 is 0 Å². The van der Waals surface area contributed by atoms with Crippen LogP contribution >= 0.6 is 0 Å². The number of amides is 1. The van der Waals surface area contributed by atoms with E-state index in [4.69, 9.17) is 10.5 Å². The molecule has 0 aromatic heterocycles. The molecule has 4 N–H and O–H groups in total. The summed E-state index contributed by atoms with van der Waals surface area (Å²) in [5.74, 6) is -0.408. The van der Waals surface area contributed by atoms with Crippen molar-refractivity contribution in [1.29, 1.82) is 0 Å². The van der Waals surface area contributed by atoms with Gasteiger partial charge >= 0.3 is 6.09 Å². The van der Waals surface area contributed by atoms with Gasteiger partial charge in [0, 0.05) is 12.5 Å². The SMILES string of the molecule is CCCCNC(=O)OCCC(c1ccccc1)C(N)(O)c1ccccc1. The van der Waals surface area contributed by atoms with E-state index in [-0.39, 0.29) is 6.61 Å². The Hall–Kier alpha value is -2.37. The summed E-state index contributed by atoms with van der Waals surface area (Å²) < 4.78 is 5.25. The lowest BCUT2D eigenvalue weighted by Crippen LogP contribution is -2.43. The predicted molar refractivity (Wildman–Crippen MR) is 103 cm³/mol. The third-order valence-electron chi connectivity index (χ3n) is 4.41. The van der Waals surface area contributed by atoms with E-state index in [2.05, 4.69) is 12.2 Å². The molecule has 2 atom stereocenters. The summed E-state index contributed by atoms with van der Waals surface area (Å²) in [6.45, 7) is 2.83. The molecule has 26 heavy (non-hydrogen) atoms. The van der Waals surface area contributed by atoms with Crippen molar-refractivity contribution in [3.63, 3.8) is 0 Å². The zero-order valence-corrected chi connectivity index (χ0v) is 15.2. The highest BCUT2D eigenvalue weighted by Crippen LogP contribution is 2.35. The topological polar surface area (TPSA) is 84.6 Å². The number of benzene rings is 2. The maximum absolute atomic E-state index is 11.7. The average molecular weight is 356 g/mol. The van der Waals surface area contributed by atoms with Crippen molar-refractivity contribution >= 4 is 6.09 Å². The van der Waals surface area contributed by atoms with Crippen LogP contribution in [0.15, 0.2) is 60.7 Å². The number of rotatable bonds is 9. The van der Waals surface area contributed by atoms with Crippen LogP contribution in [-0.4, -0.2) is 24.4 Å². The van der Waals surface area contributed by atoms with Crippen LogP contribution < -0.4 is 11.1 Å². The van der Waals surface area contributed by atoms with Crippen molar-refractivity contribution in [1.82, 2.24) is 5.32 Å². The fraction of sp³-hybridized carbons (Fsp3) is 0.381. The second-order valence-corrected chi connectivity index (χ2v) is 6.36. The first-order valence-electron chi connectivity index (χ1n) is 9.08. The number of hydrogen-bond acceptors (Lipinski definition) is 4. The summed E-state index contributed by atoms with van der Waals surface area (Å²) in [7, 11) is 0. The molecule has 0 aliphatic rings. The molecule has 0 spiro atoms. The van der Waals surface area contributed by atoms with E-state index in [0.717, 1.165) is 18.4 Å². The molecule has 0 heterocycles.